The van der Waals surface area contributed by atoms with E-state index in [-0.39, 0.29) is 6.61 Å². The maximum absolute atomic E-state index is 10.3. The highest BCUT2D eigenvalue weighted by atomic mass is 16.5. The van der Waals surface area contributed by atoms with Crippen LogP contribution in [0, 0.1) is 0 Å². The van der Waals surface area contributed by atoms with Gasteiger partial charge in [-0.3, -0.25) is 4.79 Å². The van der Waals surface area contributed by atoms with E-state index in [0.717, 1.165) is 12.8 Å². The van der Waals surface area contributed by atoms with Crippen LogP contribution in [0.1, 0.15) is 45.4 Å². The molecule has 0 aromatic rings. The molecule has 0 aliphatic heterocycles. The van der Waals surface area contributed by atoms with Gasteiger partial charge in [-0.1, -0.05) is 39.0 Å². The van der Waals surface area contributed by atoms with E-state index in [1.165, 1.54) is 25.7 Å². The molecule has 0 aromatic heterocycles. The minimum Gasteiger partial charge on any atom is -0.480 e. The van der Waals surface area contributed by atoms with Crippen LogP contribution in [0.3, 0.4) is 0 Å². The highest BCUT2D eigenvalue weighted by Crippen LogP contribution is 2.04. The third kappa shape index (κ3) is 9.69. The second-order valence-corrected chi connectivity index (χ2v) is 3.79. The molecule has 0 saturated heterocycles. The maximum atomic E-state index is 10.3. The molecule has 0 fully saturated rings. The van der Waals surface area contributed by atoms with Gasteiger partial charge in [0, 0.05) is 6.61 Å². The third-order valence-electron chi connectivity index (χ3n) is 2.26. The van der Waals surface area contributed by atoms with E-state index in [1.54, 1.807) is 0 Å². The smallest absolute Gasteiger partial charge is 0.322 e. The zero-order valence-corrected chi connectivity index (χ0v) is 9.58. The number of nitrogens with two attached hydrogens (primary N) is 1. The van der Waals surface area contributed by atoms with Gasteiger partial charge in [0.15, 0.2) is 0 Å². The highest BCUT2D eigenvalue weighted by molar-refractivity contribution is 5.73. The van der Waals surface area contributed by atoms with Crippen LogP contribution < -0.4 is 5.73 Å². The van der Waals surface area contributed by atoms with Gasteiger partial charge in [0.2, 0.25) is 0 Å². The molecule has 1 unspecified atom stereocenters. The summed E-state index contributed by atoms with van der Waals surface area (Å²) in [6.07, 6.45) is 7.22. The zero-order valence-electron chi connectivity index (χ0n) is 9.58. The molecule has 0 heterocycles. The first-order valence-corrected chi connectivity index (χ1v) is 5.74. The summed E-state index contributed by atoms with van der Waals surface area (Å²) < 4.78 is 5.16. The predicted molar refractivity (Wildman–Crippen MR) is 59.8 cm³/mol. The third-order valence-corrected chi connectivity index (χ3v) is 2.26. The number of rotatable bonds is 10. The lowest BCUT2D eigenvalue weighted by Gasteiger charge is -2.07. The molecule has 0 radical (unpaired) electrons. The number of hydrogen-bond acceptors (Lipinski definition) is 3. The Labute approximate surface area is 91.8 Å². The van der Waals surface area contributed by atoms with Gasteiger partial charge in [-0.2, -0.15) is 0 Å². The van der Waals surface area contributed by atoms with E-state index in [2.05, 4.69) is 6.92 Å². The van der Waals surface area contributed by atoms with Crippen molar-refractivity contribution in [3.05, 3.63) is 0 Å². The van der Waals surface area contributed by atoms with Crippen LogP contribution in [0.4, 0.5) is 0 Å². The molecule has 3 N–H and O–H groups in total. The molecule has 1 atom stereocenters. The Morgan fingerprint density at radius 3 is 2.47 bits per heavy atom. The molecule has 0 saturated carbocycles. The number of carbonyl (C=O) groups is 1. The standard InChI is InChI=1S/C11H23NO3/c1-2-3-4-5-6-7-8-15-9-10(12)11(13)14/h10H,2-9,12H2,1H3,(H,13,14). The van der Waals surface area contributed by atoms with Crippen molar-refractivity contribution in [3.63, 3.8) is 0 Å². The Morgan fingerprint density at radius 1 is 1.27 bits per heavy atom. The van der Waals surface area contributed by atoms with Gasteiger partial charge in [-0.05, 0) is 6.42 Å². The normalized spacial score (nSPS) is 12.7. The summed E-state index contributed by atoms with van der Waals surface area (Å²) in [6.45, 7) is 2.92. The summed E-state index contributed by atoms with van der Waals surface area (Å²) in [5.41, 5.74) is 5.27. The fraction of sp³-hybridized carbons (Fsp3) is 0.909. The van der Waals surface area contributed by atoms with Gasteiger partial charge in [0.25, 0.3) is 0 Å². The molecule has 0 aromatic carbocycles. The largest absolute Gasteiger partial charge is 0.480 e. The molecule has 4 heteroatoms. The topological polar surface area (TPSA) is 72.5 Å². The Balaban J connectivity index is 3.08. The Bertz CT molecular complexity index is 162. The molecule has 0 spiro atoms. The first-order valence-electron chi connectivity index (χ1n) is 5.74. The molecule has 0 bridgehead atoms. The first kappa shape index (κ1) is 14.4. The zero-order chi connectivity index (χ0) is 11.5. The van der Waals surface area contributed by atoms with E-state index in [4.69, 9.17) is 15.6 Å². The van der Waals surface area contributed by atoms with Gasteiger partial charge < -0.3 is 15.6 Å². The van der Waals surface area contributed by atoms with Crippen molar-refractivity contribution in [1.82, 2.24) is 0 Å². The first-order chi connectivity index (χ1) is 7.18. The van der Waals surface area contributed by atoms with Gasteiger partial charge in [-0.15, -0.1) is 0 Å². The highest BCUT2D eigenvalue weighted by Gasteiger charge is 2.10. The number of carboxylic acid groups (broad SMARTS) is 1. The van der Waals surface area contributed by atoms with Gasteiger partial charge in [0.05, 0.1) is 6.61 Å². The van der Waals surface area contributed by atoms with E-state index >= 15 is 0 Å². The summed E-state index contributed by atoms with van der Waals surface area (Å²) in [5.74, 6) is -1.00. The predicted octanol–water partition coefficient (Wildman–Crippen LogP) is 1.78. The van der Waals surface area contributed by atoms with Crippen LogP contribution in [0.25, 0.3) is 0 Å². The monoisotopic (exact) mass is 217 g/mol. The van der Waals surface area contributed by atoms with E-state index in [9.17, 15) is 4.79 Å². The van der Waals surface area contributed by atoms with Gasteiger partial charge in [-0.25, -0.2) is 0 Å². The lowest BCUT2D eigenvalue weighted by Crippen LogP contribution is -2.34. The fourth-order valence-electron chi connectivity index (χ4n) is 1.27. The second kappa shape index (κ2) is 9.93. The molecular formula is C11H23NO3. The quantitative estimate of drug-likeness (QED) is 0.547. The molecular weight excluding hydrogens is 194 g/mol. The summed E-state index contributed by atoms with van der Waals surface area (Å²) in [6, 6.07) is -0.884. The molecule has 90 valence electrons. The van der Waals surface area contributed by atoms with Crippen LogP contribution in [0.5, 0.6) is 0 Å². The second-order valence-electron chi connectivity index (χ2n) is 3.79. The van der Waals surface area contributed by atoms with Crippen molar-refractivity contribution in [2.45, 2.75) is 51.5 Å². The molecule has 4 nitrogen and oxygen atoms in total. The summed E-state index contributed by atoms with van der Waals surface area (Å²) in [4.78, 5) is 10.3. The number of carboxylic acids is 1. The van der Waals surface area contributed by atoms with Crippen molar-refractivity contribution < 1.29 is 14.6 Å². The molecule has 0 amide bonds. The minimum atomic E-state index is -1.00. The fourth-order valence-corrected chi connectivity index (χ4v) is 1.27. The summed E-state index contributed by atoms with van der Waals surface area (Å²) in [7, 11) is 0. The van der Waals surface area contributed by atoms with Gasteiger partial charge in [0.1, 0.15) is 6.04 Å². The average Bonchev–Trinajstić information content (AvgIpc) is 2.21. The summed E-state index contributed by atoms with van der Waals surface area (Å²) in [5, 5.41) is 8.48. The van der Waals surface area contributed by atoms with Crippen LogP contribution in [0.15, 0.2) is 0 Å². The molecule has 0 aliphatic rings. The maximum Gasteiger partial charge on any atom is 0.322 e. The lowest BCUT2D eigenvalue weighted by atomic mass is 10.1. The van der Waals surface area contributed by atoms with E-state index in [1.807, 2.05) is 0 Å². The minimum absolute atomic E-state index is 0.115. The van der Waals surface area contributed by atoms with E-state index in [0.29, 0.717) is 6.61 Å². The lowest BCUT2D eigenvalue weighted by molar-refractivity contribution is -0.140. The Kier molecular flexibility index (Phi) is 9.52. The number of ether oxygens (including phenoxy) is 1. The molecule has 0 aliphatic carbocycles. The van der Waals surface area contributed by atoms with Crippen LogP contribution in [-0.2, 0) is 9.53 Å². The van der Waals surface area contributed by atoms with Crippen LogP contribution in [-0.4, -0.2) is 30.3 Å². The number of aliphatic carboxylic acids is 1. The SMILES string of the molecule is CCCCCCCCOCC(N)C(=O)O. The van der Waals surface area contributed by atoms with Crippen molar-refractivity contribution in [3.8, 4) is 0 Å². The average molecular weight is 217 g/mol. The van der Waals surface area contributed by atoms with E-state index < -0.39 is 12.0 Å². The van der Waals surface area contributed by atoms with Crippen molar-refractivity contribution in [1.29, 1.82) is 0 Å². The molecule has 0 rings (SSSR count). The molecule has 15 heavy (non-hydrogen) atoms. The van der Waals surface area contributed by atoms with Crippen molar-refractivity contribution >= 4 is 5.97 Å². The summed E-state index contributed by atoms with van der Waals surface area (Å²) >= 11 is 0. The van der Waals surface area contributed by atoms with Crippen LogP contribution >= 0.6 is 0 Å². The van der Waals surface area contributed by atoms with Crippen molar-refractivity contribution in [2.75, 3.05) is 13.2 Å². The van der Waals surface area contributed by atoms with Gasteiger partial charge >= 0.3 is 5.97 Å². The number of hydrogen-bond donors (Lipinski definition) is 2. The van der Waals surface area contributed by atoms with Crippen LogP contribution in [0.2, 0.25) is 0 Å². The number of unbranched alkanes of at least 4 members (excludes halogenated alkanes) is 5. The Hall–Kier alpha value is -0.610. The van der Waals surface area contributed by atoms with Crippen molar-refractivity contribution in [2.24, 2.45) is 5.73 Å². The Morgan fingerprint density at radius 2 is 1.87 bits per heavy atom.